The van der Waals surface area contributed by atoms with Crippen LogP contribution in [0.4, 0.5) is 4.39 Å². The first kappa shape index (κ1) is 58.7. The third kappa shape index (κ3) is 13.5. The van der Waals surface area contributed by atoms with Gasteiger partial charge in [-0.3, -0.25) is 33.6 Å². The summed E-state index contributed by atoms with van der Waals surface area (Å²) < 4.78 is 15.7. The molecule has 0 saturated carbocycles. The van der Waals surface area contributed by atoms with Gasteiger partial charge in [-0.2, -0.15) is 0 Å². The van der Waals surface area contributed by atoms with Crippen molar-refractivity contribution in [1.82, 2.24) is 46.6 Å². The number of hydrogen-bond donors (Lipinski definition) is 6. The number of amides is 7. The Bertz CT molecular complexity index is 2850. The zero-order valence-electron chi connectivity index (χ0n) is 47.2. The second-order valence-electron chi connectivity index (χ2n) is 23.5. The second-order valence-corrected chi connectivity index (χ2v) is 23.5. The molecule has 7 rings (SSSR count). The molecule has 7 amide bonds. The summed E-state index contributed by atoms with van der Waals surface area (Å²) in [6, 6.07) is 21.8. The molecule has 4 aromatic carbocycles. The highest BCUT2D eigenvalue weighted by Crippen LogP contribution is 2.35. The van der Waals surface area contributed by atoms with E-state index in [2.05, 4.69) is 38.0 Å². The molecule has 78 heavy (non-hydrogen) atoms. The Morgan fingerprint density at radius 3 is 1.81 bits per heavy atom. The van der Waals surface area contributed by atoms with Crippen molar-refractivity contribution in [3.63, 3.8) is 0 Å². The van der Waals surface area contributed by atoms with E-state index < -0.39 is 88.6 Å². The number of carbonyl (C=O) groups excluding carboxylic acids is 7. The van der Waals surface area contributed by atoms with Crippen LogP contribution in [0.3, 0.4) is 0 Å². The smallest absolute Gasteiger partial charge is 0.251 e. The molecule has 418 valence electrons. The number of rotatable bonds is 17. The summed E-state index contributed by atoms with van der Waals surface area (Å²) in [4.78, 5) is 105. The number of carbonyl (C=O) groups is 7. The van der Waals surface area contributed by atoms with Crippen LogP contribution in [0.25, 0.3) is 0 Å². The van der Waals surface area contributed by atoms with E-state index in [1.165, 1.54) is 16.5 Å². The van der Waals surface area contributed by atoms with E-state index in [0.717, 1.165) is 36.0 Å². The van der Waals surface area contributed by atoms with Crippen molar-refractivity contribution in [2.75, 3.05) is 20.6 Å². The van der Waals surface area contributed by atoms with Crippen molar-refractivity contribution in [2.24, 2.45) is 10.8 Å². The van der Waals surface area contributed by atoms with Gasteiger partial charge < -0.3 is 46.6 Å². The molecule has 6 N–H and O–H groups in total. The number of hydrogen-bond acceptors (Lipinski definition) is 9. The van der Waals surface area contributed by atoms with Gasteiger partial charge in [-0.15, -0.1) is 0 Å². The van der Waals surface area contributed by atoms with E-state index >= 15 is 9.18 Å². The number of likely N-dealkylation sites (N-methyl/N-ethyl adjacent to an activating group) is 2. The molecule has 1 saturated heterocycles. The Morgan fingerprint density at radius 2 is 1.22 bits per heavy atom. The average molecular weight is 1070 g/mol. The van der Waals surface area contributed by atoms with Gasteiger partial charge in [0.25, 0.3) is 5.91 Å². The summed E-state index contributed by atoms with van der Waals surface area (Å²) in [5, 5.41) is 18.0. The second kappa shape index (κ2) is 24.8. The summed E-state index contributed by atoms with van der Waals surface area (Å²) in [5.41, 5.74) is 3.68. The first-order valence-corrected chi connectivity index (χ1v) is 27.4. The standard InChI is InChI=1S/C61H80FN9O7/c1-36(63-10)53(72)67-51(60(4,5)6)58(77)70-34-43-21-13-12-20-42(43)31-50(70)57(76)69(38(3)45-23-16-17-25-47(45)62)33-39-27-29-41(30-28-39)55(74)65-44-32-49(56(75)66-48-26-18-22-40-19-14-15-24-46(40)48)71(35-44)59(78)52(61(7,8)9)68-54(73)37(2)64-11/h12-17,19-21,23-25,27-30,36-38,44,48-52,63-64H,18,22,26,31-35H2,1-11H3,(H,65,74)(H,66,75)(H,67,72)(H,68,73)/t36-,37-,38+,44-,48+,49-,50-,51+,52?/m0/s1. The molecule has 2 heterocycles. The van der Waals surface area contributed by atoms with Gasteiger partial charge in [0, 0.05) is 43.2 Å². The molecule has 0 radical (unpaired) electrons. The van der Waals surface area contributed by atoms with E-state index in [1.807, 2.05) is 84.0 Å². The first-order valence-electron chi connectivity index (χ1n) is 27.4. The highest BCUT2D eigenvalue weighted by Gasteiger charge is 2.47. The van der Waals surface area contributed by atoms with Crippen molar-refractivity contribution in [2.45, 2.75) is 162 Å². The van der Waals surface area contributed by atoms with Crippen molar-refractivity contribution in [3.05, 3.63) is 142 Å². The molecule has 1 unspecified atom stereocenters. The molecule has 2 aliphatic heterocycles. The third-order valence-electron chi connectivity index (χ3n) is 15.9. The number of aryl methyl sites for hydroxylation is 1. The Kier molecular flexibility index (Phi) is 18.6. The van der Waals surface area contributed by atoms with Crippen LogP contribution < -0.4 is 31.9 Å². The van der Waals surface area contributed by atoms with E-state index in [4.69, 9.17) is 0 Å². The molecular formula is C61H80FN9O7. The maximum Gasteiger partial charge on any atom is 0.251 e. The van der Waals surface area contributed by atoms with Crippen LogP contribution in [0.15, 0.2) is 97.1 Å². The third-order valence-corrected chi connectivity index (χ3v) is 15.9. The largest absolute Gasteiger partial charge is 0.347 e. The van der Waals surface area contributed by atoms with Crippen molar-refractivity contribution >= 4 is 41.4 Å². The average Bonchev–Trinajstić information content (AvgIpc) is 3.98. The minimum atomic E-state index is -1.02. The molecule has 16 nitrogen and oxygen atoms in total. The lowest BCUT2D eigenvalue weighted by atomic mass is 9.84. The molecule has 4 aromatic rings. The predicted octanol–water partition coefficient (Wildman–Crippen LogP) is 6.04. The van der Waals surface area contributed by atoms with Crippen LogP contribution in [0.2, 0.25) is 0 Å². The fourth-order valence-corrected chi connectivity index (χ4v) is 10.8. The van der Waals surface area contributed by atoms with Crippen LogP contribution in [-0.4, -0.2) is 119 Å². The van der Waals surface area contributed by atoms with Crippen molar-refractivity contribution < 1.29 is 38.0 Å². The molecule has 0 aromatic heterocycles. The Balaban J connectivity index is 1.15. The van der Waals surface area contributed by atoms with Crippen LogP contribution in [0.1, 0.15) is 137 Å². The van der Waals surface area contributed by atoms with Gasteiger partial charge >= 0.3 is 0 Å². The molecule has 0 spiro atoms. The molecule has 1 aliphatic carbocycles. The molecule has 0 bridgehead atoms. The predicted molar refractivity (Wildman–Crippen MR) is 298 cm³/mol. The summed E-state index contributed by atoms with van der Waals surface area (Å²) in [5.74, 6) is -3.29. The van der Waals surface area contributed by atoms with Gasteiger partial charge in [0.2, 0.25) is 35.4 Å². The van der Waals surface area contributed by atoms with Crippen molar-refractivity contribution in [1.29, 1.82) is 0 Å². The van der Waals surface area contributed by atoms with E-state index in [1.54, 1.807) is 87.1 Å². The van der Waals surface area contributed by atoms with Gasteiger partial charge in [0.1, 0.15) is 30.0 Å². The van der Waals surface area contributed by atoms with Gasteiger partial charge in [-0.1, -0.05) is 120 Å². The van der Waals surface area contributed by atoms with Gasteiger partial charge in [0.05, 0.1) is 24.2 Å². The van der Waals surface area contributed by atoms with Crippen molar-refractivity contribution in [3.8, 4) is 0 Å². The molecule has 1 fully saturated rings. The van der Waals surface area contributed by atoms with Crippen LogP contribution in [0.5, 0.6) is 0 Å². The zero-order chi connectivity index (χ0) is 56.8. The number of halogens is 1. The fraction of sp³-hybridized carbons (Fsp3) is 0.492. The van der Waals surface area contributed by atoms with Crippen LogP contribution >= 0.6 is 0 Å². The minimum absolute atomic E-state index is 0.0140. The maximum atomic E-state index is 15.7. The van der Waals surface area contributed by atoms with E-state index in [-0.39, 0.29) is 67.4 Å². The lowest BCUT2D eigenvalue weighted by Crippen LogP contribution is -2.62. The molecule has 17 heteroatoms. The zero-order valence-corrected chi connectivity index (χ0v) is 47.2. The number of nitrogens with one attached hydrogen (secondary N) is 6. The highest BCUT2D eigenvalue weighted by molar-refractivity contribution is 5.97. The summed E-state index contributed by atoms with van der Waals surface area (Å²) >= 11 is 0. The van der Waals surface area contributed by atoms with Crippen LogP contribution in [0, 0.1) is 16.6 Å². The molecule has 3 aliphatic rings. The number of benzene rings is 4. The highest BCUT2D eigenvalue weighted by atomic mass is 19.1. The minimum Gasteiger partial charge on any atom is -0.347 e. The molecule has 9 atom stereocenters. The Morgan fingerprint density at radius 1 is 0.667 bits per heavy atom. The monoisotopic (exact) mass is 1070 g/mol. The van der Waals surface area contributed by atoms with Crippen LogP contribution in [-0.2, 0) is 54.7 Å². The van der Waals surface area contributed by atoms with Gasteiger partial charge in [-0.25, -0.2) is 4.39 Å². The quantitative estimate of drug-likeness (QED) is 0.0730. The first-order chi connectivity index (χ1) is 36.9. The summed E-state index contributed by atoms with van der Waals surface area (Å²) in [6.07, 6.45) is 2.84. The lowest BCUT2D eigenvalue weighted by Gasteiger charge is -2.43. The normalized spacial score (nSPS) is 20.2. The fourth-order valence-electron chi connectivity index (χ4n) is 10.8. The SMILES string of the molecule is CN[C@@H](C)C(=O)NC(C(=O)N1C[C@@H](NC(=O)c2ccc(CN(C(=O)[C@@H]3Cc4ccccc4CN3C(=O)[C@@H](NC(=O)[C@H](C)NC)C(C)(C)C)[C@H](C)c3ccccc3F)cc2)C[C@H]1C(=O)N[C@@H]1CCCc2ccccc21)C(C)(C)C. The van der Waals surface area contributed by atoms with Gasteiger partial charge in [0.15, 0.2) is 0 Å². The number of fused-ring (bicyclic) bond motifs is 2. The number of likely N-dealkylation sites (tertiary alicyclic amines) is 1. The topological polar surface area (TPSA) is 201 Å². The maximum absolute atomic E-state index is 15.7. The van der Waals surface area contributed by atoms with E-state index in [0.29, 0.717) is 5.56 Å². The van der Waals surface area contributed by atoms with E-state index in [9.17, 15) is 28.8 Å². The Labute approximate surface area is 459 Å². The summed E-state index contributed by atoms with van der Waals surface area (Å²) in [6.45, 7) is 16.4. The number of nitrogens with zero attached hydrogens (tertiary/aromatic N) is 3. The van der Waals surface area contributed by atoms with Gasteiger partial charge in [-0.05, 0) is 117 Å². The lowest BCUT2D eigenvalue weighted by molar-refractivity contribution is -0.152. The molecular weight excluding hydrogens is 990 g/mol. The Hall–Kier alpha value is -6.98. The summed E-state index contributed by atoms with van der Waals surface area (Å²) in [7, 11) is 3.32.